The Morgan fingerprint density at radius 1 is 1.18 bits per heavy atom. The Kier molecular flexibility index (Phi) is 9.71. The number of hydrogen-bond donors (Lipinski definition) is 3. The van der Waals surface area contributed by atoms with Crippen LogP contribution >= 0.6 is 0 Å². The number of pyridine rings is 1. The second-order valence-electron chi connectivity index (χ2n) is 7.39. The number of allylic oxidation sites excluding steroid dienone is 2. The van der Waals surface area contributed by atoms with Gasteiger partial charge in [0.25, 0.3) is 11.8 Å². The van der Waals surface area contributed by atoms with Gasteiger partial charge in [-0.3, -0.25) is 14.4 Å². The van der Waals surface area contributed by atoms with Crippen LogP contribution < -0.4 is 16.0 Å². The van der Waals surface area contributed by atoms with Crippen LogP contribution in [0.2, 0.25) is 0 Å². The van der Waals surface area contributed by atoms with Gasteiger partial charge in [0.1, 0.15) is 29.4 Å². The fourth-order valence-corrected chi connectivity index (χ4v) is 2.98. The minimum absolute atomic E-state index is 0.0984. The Labute approximate surface area is 191 Å². The second-order valence-corrected chi connectivity index (χ2v) is 7.39. The molecule has 1 aromatic rings. The topological polar surface area (TPSA) is 126 Å². The lowest BCUT2D eigenvalue weighted by atomic mass is 10.1. The summed E-state index contributed by atoms with van der Waals surface area (Å²) in [5, 5.41) is 7.48. The van der Waals surface area contributed by atoms with Crippen LogP contribution in [0.25, 0.3) is 0 Å². The first-order chi connectivity index (χ1) is 15.8. The van der Waals surface area contributed by atoms with Gasteiger partial charge in [-0.15, -0.1) is 0 Å². The SMILES string of the molecule is C/C=C1\NC(=O)c2ccc(F)c(n2)CNC(=O)C[C@@H](/C=C/CCC)OC(=O)[C@H](CC)NC1=O. The van der Waals surface area contributed by atoms with Gasteiger partial charge in [0.05, 0.1) is 18.7 Å². The Bertz CT molecular complexity index is 960. The molecule has 1 aliphatic rings. The van der Waals surface area contributed by atoms with Crippen molar-refractivity contribution in [3.05, 3.63) is 53.3 Å². The number of ether oxygens (including phenoxy) is 1. The number of carbonyl (C=O) groups excluding carboxylic acids is 4. The van der Waals surface area contributed by atoms with Gasteiger partial charge >= 0.3 is 5.97 Å². The molecule has 10 heteroatoms. The molecule has 0 aromatic carbocycles. The van der Waals surface area contributed by atoms with E-state index in [0.717, 1.165) is 18.9 Å². The van der Waals surface area contributed by atoms with Gasteiger partial charge in [0.2, 0.25) is 5.91 Å². The summed E-state index contributed by atoms with van der Waals surface area (Å²) in [4.78, 5) is 54.3. The third-order valence-electron chi connectivity index (χ3n) is 4.84. The zero-order valence-electron chi connectivity index (χ0n) is 18.9. The van der Waals surface area contributed by atoms with Crippen molar-refractivity contribution in [2.24, 2.45) is 0 Å². The van der Waals surface area contributed by atoms with Gasteiger partial charge < -0.3 is 20.7 Å². The molecule has 0 aliphatic carbocycles. The molecule has 0 unspecified atom stereocenters. The first kappa shape index (κ1) is 25.7. The molecule has 0 radical (unpaired) electrons. The first-order valence-electron chi connectivity index (χ1n) is 10.9. The van der Waals surface area contributed by atoms with Crippen LogP contribution in [0.5, 0.6) is 0 Å². The number of rotatable bonds is 4. The molecule has 2 heterocycles. The fourth-order valence-electron chi connectivity index (χ4n) is 2.98. The number of nitrogens with zero attached hydrogens (tertiary/aromatic N) is 1. The van der Waals surface area contributed by atoms with Crippen molar-refractivity contribution in [1.29, 1.82) is 0 Å². The maximum Gasteiger partial charge on any atom is 0.329 e. The summed E-state index contributed by atoms with van der Waals surface area (Å²) in [6, 6.07) is 1.25. The molecule has 1 aromatic heterocycles. The van der Waals surface area contributed by atoms with Crippen molar-refractivity contribution < 1.29 is 28.3 Å². The highest BCUT2D eigenvalue weighted by atomic mass is 19.1. The number of amides is 3. The minimum Gasteiger partial charge on any atom is -0.456 e. The molecule has 1 aliphatic heterocycles. The molecule has 2 bridgehead atoms. The van der Waals surface area contributed by atoms with Crippen LogP contribution in [-0.4, -0.2) is 40.8 Å². The summed E-state index contributed by atoms with van der Waals surface area (Å²) < 4.78 is 19.6. The van der Waals surface area contributed by atoms with E-state index in [0.29, 0.717) is 0 Å². The number of cyclic esters (lactones) is 1. The van der Waals surface area contributed by atoms with Crippen molar-refractivity contribution in [2.75, 3.05) is 0 Å². The van der Waals surface area contributed by atoms with E-state index in [2.05, 4.69) is 20.9 Å². The smallest absolute Gasteiger partial charge is 0.329 e. The third-order valence-corrected chi connectivity index (χ3v) is 4.84. The van der Waals surface area contributed by atoms with Crippen LogP contribution in [0.4, 0.5) is 4.39 Å². The molecule has 0 spiro atoms. The average Bonchev–Trinajstić information content (AvgIpc) is 2.79. The summed E-state index contributed by atoms with van der Waals surface area (Å²) in [6.07, 6.45) is 5.57. The van der Waals surface area contributed by atoms with Crippen LogP contribution in [0.15, 0.2) is 36.1 Å². The predicted molar refractivity (Wildman–Crippen MR) is 118 cm³/mol. The number of aromatic nitrogens is 1. The third kappa shape index (κ3) is 7.51. The normalized spacial score (nSPS) is 22.0. The van der Waals surface area contributed by atoms with E-state index < -0.39 is 41.7 Å². The average molecular weight is 461 g/mol. The molecule has 0 fully saturated rings. The first-order valence-corrected chi connectivity index (χ1v) is 10.9. The van der Waals surface area contributed by atoms with Crippen LogP contribution in [-0.2, 0) is 25.7 Å². The highest BCUT2D eigenvalue weighted by molar-refractivity contribution is 6.03. The summed E-state index contributed by atoms with van der Waals surface area (Å²) in [5.41, 5.74) is -0.374. The molecular weight excluding hydrogens is 431 g/mol. The van der Waals surface area contributed by atoms with Gasteiger partial charge in [-0.05, 0) is 38.0 Å². The Balaban J connectivity index is 2.40. The van der Waals surface area contributed by atoms with Gasteiger partial charge in [-0.1, -0.05) is 32.4 Å². The largest absolute Gasteiger partial charge is 0.456 e. The lowest BCUT2D eigenvalue weighted by Gasteiger charge is -2.21. The summed E-state index contributed by atoms with van der Waals surface area (Å²) in [5.74, 6) is -3.34. The lowest BCUT2D eigenvalue weighted by molar-refractivity contribution is -0.151. The predicted octanol–water partition coefficient (Wildman–Crippen LogP) is 2.04. The minimum atomic E-state index is -0.988. The molecule has 0 saturated heterocycles. The van der Waals surface area contributed by atoms with Crippen molar-refractivity contribution in [3.63, 3.8) is 0 Å². The Morgan fingerprint density at radius 2 is 1.94 bits per heavy atom. The molecular formula is C23H29FN4O5. The Hall–Kier alpha value is -3.56. The van der Waals surface area contributed by atoms with Crippen molar-refractivity contribution in [1.82, 2.24) is 20.9 Å². The molecule has 3 amide bonds. The maximum atomic E-state index is 14.2. The fraction of sp³-hybridized carbons (Fsp3) is 0.435. The number of fused-ring (bicyclic) bond motifs is 2. The number of carbonyl (C=O) groups is 4. The van der Waals surface area contributed by atoms with E-state index in [1.165, 1.54) is 12.1 Å². The standard InChI is InChI=1S/C23H29FN4O5/c1-4-7-8-9-14-12-20(29)25-13-19-15(24)10-11-18(26-19)22(31)27-16(5-2)21(30)28-17(6-3)23(32)33-14/h5,8-11,14,17H,4,6-7,12-13H2,1-3H3,(H,25,29)(H,27,31)(H,28,30)/b9-8+,16-5-/t14-,17+/m1/s1. The molecule has 0 saturated carbocycles. The van der Waals surface area contributed by atoms with E-state index in [4.69, 9.17) is 4.74 Å². The maximum absolute atomic E-state index is 14.2. The van der Waals surface area contributed by atoms with E-state index >= 15 is 0 Å². The van der Waals surface area contributed by atoms with Gasteiger partial charge in [-0.25, -0.2) is 14.2 Å². The van der Waals surface area contributed by atoms with Crippen LogP contribution in [0, 0.1) is 5.82 Å². The van der Waals surface area contributed by atoms with E-state index in [1.807, 2.05) is 6.92 Å². The quantitative estimate of drug-likeness (QED) is 0.359. The second kappa shape index (κ2) is 12.5. The number of hydrogen-bond acceptors (Lipinski definition) is 6. The number of halogens is 1. The van der Waals surface area contributed by atoms with Gasteiger partial charge in [-0.2, -0.15) is 0 Å². The van der Waals surface area contributed by atoms with Crippen LogP contribution in [0.1, 0.15) is 62.6 Å². The van der Waals surface area contributed by atoms with Gasteiger partial charge in [0.15, 0.2) is 0 Å². The number of esters is 1. The van der Waals surface area contributed by atoms with Crippen molar-refractivity contribution in [2.45, 2.75) is 65.1 Å². The zero-order valence-corrected chi connectivity index (χ0v) is 18.9. The molecule has 33 heavy (non-hydrogen) atoms. The number of nitrogens with one attached hydrogen (secondary N) is 3. The van der Waals surface area contributed by atoms with E-state index in [-0.39, 0.29) is 36.5 Å². The molecule has 3 N–H and O–H groups in total. The molecule has 9 nitrogen and oxygen atoms in total. The molecule has 178 valence electrons. The highest BCUT2D eigenvalue weighted by Crippen LogP contribution is 2.10. The van der Waals surface area contributed by atoms with Crippen molar-refractivity contribution in [3.8, 4) is 0 Å². The lowest BCUT2D eigenvalue weighted by Crippen LogP contribution is -2.46. The summed E-state index contributed by atoms with van der Waals surface area (Å²) in [7, 11) is 0. The highest BCUT2D eigenvalue weighted by Gasteiger charge is 2.26. The number of unbranched alkanes of at least 4 members (excludes halogenated alkanes) is 1. The summed E-state index contributed by atoms with van der Waals surface area (Å²) >= 11 is 0. The zero-order chi connectivity index (χ0) is 24.4. The monoisotopic (exact) mass is 460 g/mol. The van der Waals surface area contributed by atoms with Gasteiger partial charge in [0, 0.05) is 0 Å². The summed E-state index contributed by atoms with van der Waals surface area (Å²) in [6.45, 7) is 4.95. The molecule has 2 atom stereocenters. The van der Waals surface area contributed by atoms with Crippen molar-refractivity contribution >= 4 is 23.7 Å². The van der Waals surface area contributed by atoms with Crippen LogP contribution in [0.3, 0.4) is 0 Å². The van der Waals surface area contributed by atoms with E-state index in [9.17, 15) is 23.6 Å². The van der Waals surface area contributed by atoms with E-state index in [1.54, 1.807) is 26.0 Å². The Morgan fingerprint density at radius 3 is 2.61 bits per heavy atom. The molecule has 2 rings (SSSR count).